The maximum Gasteiger partial charge on any atom is 0.433 e. The summed E-state index contributed by atoms with van der Waals surface area (Å²) in [6.07, 6.45) is -4.66. The zero-order valence-electron chi connectivity index (χ0n) is 22.2. The lowest BCUT2D eigenvalue weighted by Gasteiger charge is -2.37. The molecule has 1 aromatic heterocycles. The molecule has 0 saturated carbocycles. The van der Waals surface area contributed by atoms with Crippen LogP contribution in [0, 0.1) is 11.6 Å². The minimum absolute atomic E-state index is 0.0942. The standard InChI is InChI=1S/C27H28F5N5O3S/c1-17(18-3-9-23(22(29)15-18)35(2)41(39)40)26(38)33-16-19-4-10-24(27(30,31)32)34-25(19)37-13-11-36(12-14-37)21-7-5-20(28)6-8-21/h3-10,15,17,41H,11-14,16H2,1-2H3,(H,33,38). The molecule has 3 aromatic rings. The number of carbonyl (C=O) groups excluding carboxylic acids is 1. The zero-order valence-corrected chi connectivity index (χ0v) is 23.1. The topological polar surface area (TPSA) is 85.8 Å². The van der Waals surface area contributed by atoms with Gasteiger partial charge < -0.3 is 15.1 Å². The molecule has 1 fully saturated rings. The SMILES string of the molecule is CC(C(=O)NCc1ccc(C(F)(F)F)nc1N1CCN(c2ccc(F)cc2)CC1)c1ccc(N(C)[SH](=O)=O)c(F)c1. The number of hydrogen-bond acceptors (Lipinski definition) is 6. The number of carbonyl (C=O) groups is 1. The van der Waals surface area contributed by atoms with E-state index in [1.165, 1.54) is 44.3 Å². The Bertz CT molecular complexity index is 1470. The highest BCUT2D eigenvalue weighted by atomic mass is 32.2. The summed E-state index contributed by atoms with van der Waals surface area (Å²) in [5, 5.41) is 2.69. The minimum Gasteiger partial charge on any atom is -0.368 e. The molecule has 4 rings (SSSR count). The molecule has 1 saturated heterocycles. The molecule has 1 aliphatic rings. The van der Waals surface area contributed by atoms with E-state index >= 15 is 0 Å². The van der Waals surface area contributed by atoms with Gasteiger partial charge in [0.15, 0.2) is 0 Å². The fourth-order valence-electron chi connectivity index (χ4n) is 4.50. The maximum absolute atomic E-state index is 14.5. The molecule has 14 heteroatoms. The third kappa shape index (κ3) is 7.04. The van der Waals surface area contributed by atoms with Crippen LogP contribution in [0.4, 0.5) is 39.1 Å². The van der Waals surface area contributed by atoms with Crippen LogP contribution >= 0.6 is 0 Å². The molecule has 1 N–H and O–H groups in total. The molecular formula is C27H28F5N5O3S. The molecule has 0 radical (unpaired) electrons. The Morgan fingerprint density at radius 2 is 1.63 bits per heavy atom. The van der Waals surface area contributed by atoms with Gasteiger partial charge in [-0.05, 0) is 55.0 Å². The van der Waals surface area contributed by atoms with Crippen molar-refractivity contribution in [3.8, 4) is 0 Å². The Hall–Kier alpha value is -3.94. The second-order valence-corrected chi connectivity index (χ2v) is 10.6. The molecule has 1 amide bonds. The van der Waals surface area contributed by atoms with E-state index in [2.05, 4.69) is 10.3 Å². The van der Waals surface area contributed by atoms with E-state index in [9.17, 15) is 35.2 Å². The highest BCUT2D eigenvalue weighted by molar-refractivity contribution is 7.74. The first-order valence-corrected chi connectivity index (χ1v) is 13.8. The van der Waals surface area contributed by atoms with E-state index in [-0.39, 0.29) is 23.9 Å². The second-order valence-electron chi connectivity index (χ2n) is 9.54. The van der Waals surface area contributed by atoms with Crippen LogP contribution in [0.25, 0.3) is 0 Å². The number of nitrogens with zero attached hydrogens (tertiary/aromatic N) is 4. The van der Waals surface area contributed by atoms with E-state index in [1.807, 2.05) is 4.90 Å². The molecule has 2 heterocycles. The average Bonchev–Trinajstić information content (AvgIpc) is 2.95. The van der Waals surface area contributed by atoms with Gasteiger partial charge in [-0.1, -0.05) is 12.1 Å². The predicted octanol–water partition coefficient (Wildman–Crippen LogP) is 4.09. The normalized spacial score (nSPS) is 14.7. The first kappa shape index (κ1) is 30.0. The predicted molar refractivity (Wildman–Crippen MR) is 145 cm³/mol. The van der Waals surface area contributed by atoms with E-state index < -0.39 is 40.4 Å². The van der Waals surface area contributed by atoms with Gasteiger partial charge >= 0.3 is 6.18 Å². The van der Waals surface area contributed by atoms with Gasteiger partial charge in [0.2, 0.25) is 16.8 Å². The summed E-state index contributed by atoms with van der Waals surface area (Å²) in [6.45, 7) is 3.02. The van der Waals surface area contributed by atoms with Crippen molar-refractivity contribution in [2.24, 2.45) is 0 Å². The van der Waals surface area contributed by atoms with Crippen molar-refractivity contribution in [2.45, 2.75) is 25.6 Å². The van der Waals surface area contributed by atoms with Crippen LogP contribution in [0.5, 0.6) is 0 Å². The monoisotopic (exact) mass is 597 g/mol. The number of pyridine rings is 1. The molecule has 1 aliphatic heterocycles. The van der Waals surface area contributed by atoms with Gasteiger partial charge in [0.25, 0.3) is 0 Å². The molecule has 0 bridgehead atoms. The number of piperazine rings is 1. The lowest BCUT2D eigenvalue weighted by molar-refractivity contribution is -0.141. The Kier molecular flexibility index (Phi) is 9.00. The number of hydrogen-bond donors (Lipinski definition) is 2. The van der Waals surface area contributed by atoms with E-state index in [0.29, 0.717) is 37.3 Å². The van der Waals surface area contributed by atoms with Crippen molar-refractivity contribution >= 4 is 34.0 Å². The fourth-order valence-corrected chi connectivity index (χ4v) is 4.84. The van der Waals surface area contributed by atoms with Gasteiger partial charge in [0, 0.05) is 51.0 Å². The van der Waals surface area contributed by atoms with Crippen molar-refractivity contribution in [2.75, 3.05) is 47.3 Å². The number of nitrogens with one attached hydrogen (secondary N) is 1. The summed E-state index contributed by atoms with van der Waals surface area (Å²) >= 11 is 0. The highest BCUT2D eigenvalue weighted by Gasteiger charge is 2.34. The van der Waals surface area contributed by atoms with Crippen LogP contribution in [0.1, 0.15) is 29.7 Å². The lowest BCUT2D eigenvalue weighted by Crippen LogP contribution is -2.47. The summed E-state index contributed by atoms with van der Waals surface area (Å²) in [4.78, 5) is 20.5. The quantitative estimate of drug-likeness (QED) is 0.301. The van der Waals surface area contributed by atoms with Crippen molar-refractivity contribution in [1.29, 1.82) is 0 Å². The Balaban J connectivity index is 1.48. The van der Waals surface area contributed by atoms with E-state index in [1.54, 1.807) is 17.0 Å². The summed E-state index contributed by atoms with van der Waals surface area (Å²) in [6, 6.07) is 11.8. The Labute approximate surface area is 235 Å². The molecule has 2 aromatic carbocycles. The highest BCUT2D eigenvalue weighted by Crippen LogP contribution is 2.32. The summed E-state index contributed by atoms with van der Waals surface area (Å²) < 4.78 is 91.3. The number of aromatic nitrogens is 1. The summed E-state index contributed by atoms with van der Waals surface area (Å²) in [7, 11) is -1.85. The van der Waals surface area contributed by atoms with Crippen molar-refractivity contribution < 1.29 is 35.2 Å². The first-order valence-electron chi connectivity index (χ1n) is 12.6. The van der Waals surface area contributed by atoms with E-state index in [4.69, 9.17) is 0 Å². The van der Waals surface area contributed by atoms with Crippen LogP contribution in [0.2, 0.25) is 0 Å². The van der Waals surface area contributed by atoms with Crippen LogP contribution in [-0.4, -0.2) is 52.5 Å². The molecule has 0 aliphatic carbocycles. The van der Waals surface area contributed by atoms with Gasteiger partial charge in [-0.3, -0.25) is 9.10 Å². The smallest absolute Gasteiger partial charge is 0.368 e. The lowest BCUT2D eigenvalue weighted by atomic mass is 9.99. The Morgan fingerprint density at radius 3 is 2.22 bits per heavy atom. The van der Waals surface area contributed by atoms with Gasteiger partial charge in [-0.15, -0.1) is 0 Å². The molecule has 1 atom stereocenters. The van der Waals surface area contributed by atoms with Crippen molar-refractivity contribution in [3.05, 3.63) is 83.1 Å². The number of rotatable bonds is 8. The number of thiol groups is 1. The number of halogens is 5. The number of amides is 1. The van der Waals surface area contributed by atoms with Crippen molar-refractivity contribution in [3.63, 3.8) is 0 Å². The largest absolute Gasteiger partial charge is 0.433 e. The summed E-state index contributed by atoms with van der Waals surface area (Å²) in [5.74, 6) is -2.44. The molecular weight excluding hydrogens is 569 g/mol. The first-order chi connectivity index (χ1) is 19.3. The third-order valence-electron chi connectivity index (χ3n) is 6.93. The van der Waals surface area contributed by atoms with Crippen molar-refractivity contribution in [1.82, 2.24) is 10.3 Å². The Morgan fingerprint density at radius 1 is 1.00 bits per heavy atom. The van der Waals surface area contributed by atoms with Gasteiger partial charge in [0.05, 0.1) is 11.6 Å². The molecule has 1 unspecified atom stereocenters. The number of alkyl halides is 3. The van der Waals surface area contributed by atoms with Gasteiger partial charge in [0.1, 0.15) is 23.1 Å². The van der Waals surface area contributed by atoms with Gasteiger partial charge in [-0.2, -0.15) is 13.2 Å². The second kappa shape index (κ2) is 12.3. The van der Waals surface area contributed by atoms with E-state index in [0.717, 1.165) is 22.1 Å². The average molecular weight is 598 g/mol. The number of benzene rings is 2. The van der Waals surface area contributed by atoms with Crippen LogP contribution in [0.3, 0.4) is 0 Å². The van der Waals surface area contributed by atoms with Gasteiger partial charge in [-0.25, -0.2) is 22.2 Å². The molecule has 220 valence electrons. The zero-order chi connectivity index (χ0) is 29.9. The van der Waals surface area contributed by atoms with Crippen LogP contribution in [-0.2, 0) is 28.4 Å². The molecule has 8 nitrogen and oxygen atoms in total. The number of anilines is 3. The fraction of sp³-hybridized carbons (Fsp3) is 0.333. The van der Waals surface area contributed by atoms with Crippen LogP contribution in [0.15, 0.2) is 54.6 Å². The third-order valence-corrected chi connectivity index (χ3v) is 7.63. The molecule has 41 heavy (non-hydrogen) atoms. The van der Waals surface area contributed by atoms with Crippen LogP contribution < -0.4 is 19.4 Å². The minimum atomic E-state index is -4.66. The molecule has 0 spiro atoms. The maximum atomic E-state index is 14.5. The summed E-state index contributed by atoms with van der Waals surface area (Å²) in [5.41, 5.74) is 0.231.